The van der Waals surface area contributed by atoms with Crippen LogP contribution < -0.4 is 5.32 Å². The van der Waals surface area contributed by atoms with Gasteiger partial charge in [-0.05, 0) is 38.2 Å². The summed E-state index contributed by atoms with van der Waals surface area (Å²) in [5, 5.41) is 4.79. The molecule has 2 aromatic rings. The highest BCUT2D eigenvalue weighted by molar-refractivity contribution is 7.11. The van der Waals surface area contributed by atoms with Gasteiger partial charge in [0, 0.05) is 23.7 Å². The molecule has 1 aliphatic rings. The topological polar surface area (TPSA) is 24.9 Å². The third kappa shape index (κ3) is 3.04. The molecular formula is C16H20N2S. The summed E-state index contributed by atoms with van der Waals surface area (Å²) in [6.07, 6.45) is 4.52. The van der Waals surface area contributed by atoms with Crippen molar-refractivity contribution in [3.05, 3.63) is 51.5 Å². The zero-order chi connectivity index (χ0) is 13.2. The Bertz CT molecular complexity index is 555. The van der Waals surface area contributed by atoms with Gasteiger partial charge in [-0.15, -0.1) is 11.3 Å². The molecule has 1 heterocycles. The number of rotatable bonds is 4. The van der Waals surface area contributed by atoms with Gasteiger partial charge in [0.25, 0.3) is 0 Å². The zero-order valence-corrected chi connectivity index (χ0v) is 12.3. The van der Waals surface area contributed by atoms with Crippen LogP contribution in [0.5, 0.6) is 0 Å². The van der Waals surface area contributed by atoms with Crippen LogP contribution in [0.4, 0.5) is 0 Å². The third-order valence-corrected chi connectivity index (χ3v) is 4.80. The largest absolute Gasteiger partial charge is 0.309 e. The molecule has 0 bridgehead atoms. The number of hydrogen-bond acceptors (Lipinski definition) is 3. The average Bonchev–Trinajstić information content (AvgIpc) is 2.73. The number of aryl methyl sites for hydroxylation is 2. The van der Waals surface area contributed by atoms with Crippen molar-refractivity contribution in [3.63, 3.8) is 0 Å². The van der Waals surface area contributed by atoms with E-state index < -0.39 is 0 Å². The van der Waals surface area contributed by atoms with Crippen LogP contribution in [0.15, 0.2) is 30.5 Å². The van der Waals surface area contributed by atoms with Gasteiger partial charge in [0.15, 0.2) is 0 Å². The van der Waals surface area contributed by atoms with E-state index >= 15 is 0 Å². The lowest BCUT2D eigenvalue weighted by atomic mass is 9.75. The second-order valence-corrected chi connectivity index (χ2v) is 6.83. The maximum Gasteiger partial charge on any atom is 0.0897 e. The van der Waals surface area contributed by atoms with Crippen LogP contribution in [-0.4, -0.2) is 11.0 Å². The van der Waals surface area contributed by atoms with Gasteiger partial charge in [0.2, 0.25) is 0 Å². The highest BCUT2D eigenvalue weighted by atomic mass is 32.1. The van der Waals surface area contributed by atoms with E-state index in [-0.39, 0.29) is 0 Å². The van der Waals surface area contributed by atoms with Crippen LogP contribution in [0, 0.1) is 13.8 Å². The van der Waals surface area contributed by atoms with Crippen LogP contribution in [0.1, 0.15) is 39.8 Å². The second-order valence-electron chi connectivity index (χ2n) is 5.51. The summed E-state index contributed by atoms with van der Waals surface area (Å²) in [7, 11) is 0. The average molecular weight is 272 g/mol. The van der Waals surface area contributed by atoms with E-state index in [1.807, 2.05) is 6.20 Å². The molecule has 0 unspecified atom stereocenters. The van der Waals surface area contributed by atoms with Crippen molar-refractivity contribution in [1.29, 1.82) is 0 Å². The van der Waals surface area contributed by atoms with Gasteiger partial charge in [-0.2, -0.15) is 0 Å². The monoisotopic (exact) mass is 272 g/mol. The number of thiazole rings is 1. The summed E-state index contributed by atoms with van der Waals surface area (Å²) >= 11 is 1.79. The van der Waals surface area contributed by atoms with Gasteiger partial charge >= 0.3 is 0 Å². The van der Waals surface area contributed by atoms with E-state index in [2.05, 4.69) is 48.4 Å². The van der Waals surface area contributed by atoms with Crippen LogP contribution in [0.3, 0.4) is 0 Å². The molecular weight excluding hydrogens is 252 g/mol. The van der Waals surface area contributed by atoms with E-state index in [1.165, 1.54) is 28.8 Å². The molecule has 0 amide bonds. The summed E-state index contributed by atoms with van der Waals surface area (Å²) < 4.78 is 0. The van der Waals surface area contributed by atoms with Crippen molar-refractivity contribution in [2.75, 3.05) is 0 Å². The molecule has 1 aromatic carbocycles. The molecule has 2 nitrogen and oxygen atoms in total. The minimum absolute atomic E-state index is 0.674. The number of aromatic nitrogens is 1. The fraction of sp³-hybridized carbons (Fsp3) is 0.438. The number of nitrogens with one attached hydrogen (secondary N) is 1. The predicted octanol–water partition coefficient (Wildman–Crippen LogP) is 3.80. The molecule has 0 spiro atoms. The summed E-state index contributed by atoms with van der Waals surface area (Å²) in [4.78, 5) is 5.63. The molecule has 0 aliphatic heterocycles. The van der Waals surface area contributed by atoms with Gasteiger partial charge < -0.3 is 5.32 Å². The number of benzene rings is 1. The van der Waals surface area contributed by atoms with Crippen molar-refractivity contribution >= 4 is 11.3 Å². The van der Waals surface area contributed by atoms with Crippen molar-refractivity contribution in [1.82, 2.24) is 10.3 Å². The summed E-state index contributed by atoms with van der Waals surface area (Å²) in [6, 6.07) is 9.61. The molecule has 1 fully saturated rings. The molecule has 3 rings (SSSR count). The van der Waals surface area contributed by atoms with E-state index in [4.69, 9.17) is 0 Å². The van der Waals surface area contributed by atoms with Crippen LogP contribution in [0.2, 0.25) is 0 Å². The summed E-state index contributed by atoms with van der Waals surface area (Å²) in [6.45, 7) is 5.20. The first-order valence-electron chi connectivity index (χ1n) is 6.92. The molecule has 0 atom stereocenters. The van der Waals surface area contributed by atoms with Gasteiger partial charge in [-0.25, -0.2) is 4.98 Å². The first kappa shape index (κ1) is 12.8. The molecule has 0 saturated heterocycles. The number of nitrogens with zero attached hydrogens (tertiary/aromatic N) is 1. The SMILES string of the molecule is Cc1cccc(C2CC(NCc3cnc(C)s3)C2)c1. The fourth-order valence-corrected chi connectivity index (χ4v) is 3.46. The first-order valence-corrected chi connectivity index (χ1v) is 7.73. The van der Waals surface area contributed by atoms with Gasteiger partial charge in [-0.1, -0.05) is 29.8 Å². The molecule has 0 radical (unpaired) electrons. The van der Waals surface area contributed by atoms with Crippen molar-refractivity contribution in [3.8, 4) is 0 Å². The number of hydrogen-bond donors (Lipinski definition) is 1. The van der Waals surface area contributed by atoms with Gasteiger partial charge in [-0.3, -0.25) is 0 Å². The predicted molar refractivity (Wildman–Crippen MR) is 80.6 cm³/mol. The Morgan fingerprint density at radius 3 is 2.84 bits per heavy atom. The molecule has 1 aliphatic carbocycles. The standard InChI is InChI=1S/C16H20N2S/c1-11-4-3-5-13(6-11)14-7-15(8-14)18-10-16-9-17-12(2)19-16/h3-6,9,14-15,18H,7-8,10H2,1-2H3. The summed E-state index contributed by atoms with van der Waals surface area (Å²) in [5.41, 5.74) is 2.88. The maximum absolute atomic E-state index is 4.29. The lowest BCUT2D eigenvalue weighted by Crippen LogP contribution is -2.39. The molecule has 19 heavy (non-hydrogen) atoms. The molecule has 1 aromatic heterocycles. The maximum atomic E-state index is 4.29. The minimum atomic E-state index is 0.674. The lowest BCUT2D eigenvalue weighted by Gasteiger charge is -2.36. The third-order valence-electron chi connectivity index (χ3n) is 3.89. The quantitative estimate of drug-likeness (QED) is 0.916. The minimum Gasteiger partial charge on any atom is -0.309 e. The van der Waals surface area contributed by atoms with E-state index in [9.17, 15) is 0 Å². The van der Waals surface area contributed by atoms with E-state index in [0.29, 0.717) is 6.04 Å². The molecule has 1 saturated carbocycles. The Hall–Kier alpha value is -1.19. The van der Waals surface area contributed by atoms with Crippen molar-refractivity contribution < 1.29 is 0 Å². The van der Waals surface area contributed by atoms with Crippen LogP contribution in [0.25, 0.3) is 0 Å². The van der Waals surface area contributed by atoms with Gasteiger partial charge in [0.05, 0.1) is 5.01 Å². The highest BCUT2D eigenvalue weighted by Gasteiger charge is 2.29. The second kappa shape index (κ2) is 5.43. The normalized spacial score (nSPS) is 22.2. The Kier molecular flexibility index (Phi) is 3.67. The van der Waals surface area contributed by atoms with Crippen LogP contribution >= 0.6 is 11.3 Å². The van der Waals surface area contributed by atoms with Gasteiger partial charge in [0.1, 0.15) is 0 Å². The van der Waals surface area contributed by atoms with Crippen LogP contribution in [-0.2, 0) is 6.54 Å². The lowest BCUT2D eigenvalue weighted by molar-refractivity contribution is 0.290. The van der Waals surface area contributed by atoms with E-state index in [0.717, 1.165) is 17.5 Å². The summed E-state index contributed by atoms with van der Waals surface area (Å²) in [5.74, 6) is 0.751. The Balaban J connectivity index is 1.48. The van der Waals surface area contributed by atoms with Crippen molar-refractivity contribution in [2.45, 2.75) is 45.2 Å². The molecule has 3 heteroatoms. The van der Waals surface area contributed by atoms with Crippen molar-refractivity contribution in [2.24, 2.45) is 0 Å². The molecule has 100 valence electrons. The molecule has 1 N–H and O–H groups in total. The first-order chi connectivity index (χ1) is 9.20. The zero-order valence-electron chi connectivity index (χ0n) is 11.5. The van der Waals surface area contributed by atoms with E-state index in [1.54, 1.807) is 11.3 Å². The Morgan fingerprint density at radius 1 is 1.32 bits per heavy atom. The Labute approximate surface area is 118 Å². The highest BCUT2D eigenvalue weighted by Crippen LogP contribution is 2.37. The smallest absolute Gasteiger partial charge is 0.0897 e. The Morgan fingerprint density at radius 2 is 2.16 bits per heavy atom. The fourth-order valence-electron chi connectivity index (χ4n) is 2.71.